The number of benzene rings is 2. The monoisotopic (exact) mass is 446 g/mol. The number of carbonyl (C=O) groups excluding carboxylic acids is 2. The Morgan fingerprint density at radius 3 is 2.57 bits per heavy atom. The number of nitro groups is 1. The largest absolute Gasteiger partial charge is 0.340 e. The lowest BCUT2D eigenvalue weighted by atomic mass is 10.1. The molecule has 30 heavy (non-hydrogen) atoms. The van der Waals surface area contributed by atoms with E-state index >= 15 is 0 Å². The quantitative estimate of drug-likeness (QED) is 0.445. The highest BCUT2D eigenvalue weighted by molar-refractivity contribution is 7.98. The van der Waals surface area contributed by atoms with Crippen molar-refractivity contribution in [3.8, 4) is 6.07 Å². The van der Waals surface area contributed by atoms with E-state index in [1.54, 1.807) is 24.3 Å². The molecular formula is C20H19ClN4O4S. The summed E-state index contributed by atoms with van der Waals surface area (Å²) in [7, 11) is 0. The maximum atomic E-state index is 12.7. The van der Waals surface area contributed by atoms with Crippen LogP contribution in [0.15, 0.2) is 42.5 Å². The van der Waals surface area contributed by atoms with E-state index in [0.29, 0.717) is 17.9 Å². The first-order valence-electron chi connectivity index (χ1n) is 8.86. The van der Waals surface area contributed by atoms with Gasteiger partial charge in [-0.1, -0.05) is 23.7 Å². The summed E-state index contributed by atoms with van der Waals surface area (Å²) in [4.78, 5) is 35.7. The van der Waals surface area contributed by atoms with Gasteiger partial charge >= 0.3 is 0 Å². The maximum absolute atomic E-state index is 12.7. The average molecular weight is 447 g/mol. The number of halogens is 1. The summed E-state index contributed by atoms with van der Waals surface area (Å²) < 4.78 is 0. The molecule has 1 unspecified atom stereocenters. The van der Waals surface area contributed by atoms with E-state index in [4.69, 9.17) is 16.9 Å². The minimum absolute atomic E-state index is 0.0360. The number of anilines is 1. The summed E-state index contributed by atoms with van der Waals surface area (Å²) in [6.07, 6.45) is 2.53. The Kier molecular flexibility index (Phi) is 8.65. The van der Waals surface area contributed by atoms with Crippen molar-refractivity contribution in [3.05, 3.63) is 68.7 Å². The number of amides is 2. The van der Waals surface area contributed by atoms with Gasteiger partial charge in [-0.15, -0.1) is 0 Å². The van der Waals surface area contributed by atoms with Crippen molar-refractivity contribution in [1.29, 1.82) is 5.26 Å². The third kappa shape index (κ3) is 6.47. The van der Waals surface area contributed by atoms with Crippen molar-refractivity contribution in [1.82, 2.24) is 5.32 Å². The van der Waals surface area contributed by atoms with Crippen LogP contribution < -0.4 is 10.6 Å². The summed E-state index contributed by atoms with van der Waals surface area (Å²) >= 11 is 7.31. The fourth-order valence-corrected chi connectivity index (χ4v) is 3.22. The van der Waals surface area contributed by atoms with Crippen molar-refractivity contribution in [2.75, 3.05) is 17.3 Å². The van der Waals surface area contributed by atoms with Gasteiger partial charge in [-0.2, -0.15) is 17.0 Å². The van der Waals surface area contributed by atoms with Crippen LogP contribution in [0.2, 0.25) is 5.02 Å². The second kappa shape index (κ2) is 11.2. The highest BCUT2D eigenvalue weighted by Gasteiger charge is 2.23. The fraction of sp³-hybridized carbons (Fsp3) is 0.250. The lowest BCUT2D eigenvalue weighted by Crippen LogP contribution is -2.44. The number of nitrogens with one attached hydrogen (secondary N) is 2. The smallest absolute Gasteiger partial charge is 0.288 e. The SMILES string of the molecule is CSCCC(NC(=O)c1ccc(Cl)c([N+](=O)[O-])c1)C(=O)Nc1ccc(CC#N)cc1. The Bertz CT molecular complexity index is 976. The van der Waals surface area contributed by atoms with Gasteiger partial charge in [0.15, 0.2) is 0 Å². The zero-order chi connectivity index (χ0) is 22.1. The molecule has 0 aliphatic heterocycles. The second-order valence-corrected chi connectivity index (χ2v) is 7.64. The van der Waals surface area contributed by atoms with E-state index in [1.807, 2.05) is 12.3 Å². The molecular weight excluding hydrogens is 428 g/mol. The number of carbonyl (C=O) groups is 2. The van der Waals surface area contributed by atoms with Gasteiger partial charge in [0, 0.05) is 17.3 Å². The van der Waals surface area contributed by atoms with Crippen molar-refractivity contribution >= 4 is 46.6 Å². The van der Waals surface area contributed by atoms with Crippen LogP contribution in [0.4, 0.5) is 11.4 Å². The van der Waals surface area contributed by atoms with Crippen LogP contribution in [0.1, 0.15) is 22.3 Å². The van der Waals surface area contributed by atoms with Crippen LogP contribution in [0.25, 0.3) is 0 Å². The standard InChI is InChI=1S/C20H19ClN4O4S/c1-30-11-9-17(20(27)23-15-5-2-13(3-6-15)8-10-22)24-19(26)14-4-7-16(21)18(12-14)25(28)29/h2-7,12,17H,8-9,11H2,1H3,(H,23,27)(H,24,26). The average Bonchev–Trinajstić information content (AvgIpc) is 2.72. The number of thioether (sulfide) groups is 1. The molecule has 0 heterocycles. The van der Waals surface area contributed by atoms with E-state index in [1.165, 1.54) is 23.9 Å². The van der Waals surface area contributed by atoms with E-state index in [2.05, 4.69) is 10.6 Å². The molecule has 156 valence electrons. The summed E-state index contributed by atoms with van der Waals surface area (Å²) in [5.74, 6) is -0.394. The maximum Gasteiger partial charge on any atom is 0.288 e. The van der Waals surface area contributed by atoms with E-state index in [9.17, 15) is 19.7 Å². The first kappa shape index (κ1) is 23.2. The topological polar surface area (TPSA) is 125 Å². The fourth-order valence-electron chi connectivity index (χ4n) is 2.57. The predicted molar refractivity (Wildman–Crippen MR) is 117 cm³/mol. The predicted octanol–water partition coefficient (Wildman–Crippen LogP) is 3.80. The molecule has 0 spiro atoms. The molecule has 2 N–H and O–H groups in total. The molecule has 0 fully saturated rings. The summed E-state index contributed by atoms with van der Waals surface area (Å²) in [5.41, 5.74) is 1.01. The van der Waals surface area contributed by atoms with Crippen LogP contribution in [0.3, 0.4) is 0 Å². The first-order chi connectivity index (χ1) is 14.3. The molecule has 2 aromatic carbocycles. The third-order valence-electron chi connectivity index (χ3n) is 4.14. The first-order valence-corrected chi connectivity index (χ1v) is 10.6. The van der Waals surface area contributed by atoms with Crippen LogP contribution >= 0.6 is 23.4 Å². The molecule has 0 radical (unpaired) electrons. The minimum Gasteiger partial charge on any atom is -0.340 e. The Morgan fingerprint density at radius 2 is 1.97 bits per heavy atom. The number of nitriles is 1. The normalized spacial score (nSPS) is 11.2. The third-order valence-corrected chi connectivity index (χ3v) is 5.11. The van der Waals surface area contributed by atoms with Crippen LogP contribution in [0, 0.1) is 21.4 Å². The number of nitro benzene ring substituents is 1. The molecule has 0 aliphatic rings. The van der Waals surface area contributed by atoms with Gasteiger partial charge in [0.1, 0.15) is 11.1 Å². The molecule has 0 aromatic heterocycles. The Hall–Kier alpha value is -3.09. The van der Waals surface area contributed by atoms with E-state index in [0.717, 1.165) is 11.6 Å². The Labute approximate surface area is 182 Å². The molecule has 10 heteroatoms. The van der Waals surface area contributed by atoms with Crippen LogP contribution in [-0.4, -0.2) is 34.8 Å². The van der Waals surface area contributed by atoms with Crippen LogP contribution in [-0.2, 0) is 11.2 Å². The zero-order valence-corrected chi connectivity index (χ0v) is 17.6. The molecule has 2 rings (SSSR count). The molecule has 0 saturated heterocycles. The summed E-state index contributed by atoms with van der Waals surface area (Å²) in [6, 6.07) is 11.8. The highest BCUT2D eigenvalue weighted by atomic mass is 35.5. The van der Waals surface area contributed by atoms with Gasteiger partial charge in [-0.25, -0.2) is 0 Å². The molecule has 1 atom stereocenters. The minimum atomic E-state index is -0.835. The molecule has 0 aliphatic carbocycles. The zero-order valence-electron chi connectivity index (χ0n) is 16.1. The van der Waals surface area contributed by atoms with Crippen LogP contribution in [0.5, 0.6) is 0 Å². The molecule has 2 amide bonds. The second-order valence-electron chi connectivity index (χ2n) is 6.25. The number of hydrogen-bond donors (Lipinski definition) is 2. The van der Waals surface area contributed by atoms with Gasteiger partial charge in [0.05, 0.1) is 17.4 Å². The molecule has 0 bridgehead atoms. The highest BCUT2D eigenvalue weighted by Crippen LogP contribution is 2.25. The van der Waals surface area contributed by atoms with Gasteiger partial charge in [0.2, 0.25) is 5.91 Å². The van der Waals surface area contributed by atoms with E-state index < -0.39 is 22.8 Å². The van der Waals surface area contributed by atoms with Crippen molar-refractivity contribution in [2.24, 2.45) is 0 Å². The Balaban J connectivity index is 2.13. The molecule has 8 nitrogen and oxygen atoms in total. The van der Waals surface area contributed by atoms with Gasteiger partial charge in [0.25, 0.3) is 11.6 Å². The summed E-state index contributed by atoms with van der Waals surface area (Å²) in [5, 5.41) is 25.1. The number of hydrogen-bond acceptors (Lipinski definition) is 6. The van der Waals surface area contributed by atoms with Gasteiger partial charge in [-0.3, -0.25) is 19.7 Å². The lowest BCUT2D eigenvalue weighted by molar-refractivity contribution is -0.384. The summed E-state index contributed by atoms with van der Waals surface area (Å²) in [6.45, 7) is 0. The lowest BCUT2D eigenvalue weighted by Gasteiger charge is -2.18. The number of rotatable bonds is 9. The van der Waals surface area contributed by atoms with Gasteiger partial charge < -0.3 is 10.6 Å². The Morgan fingerprint density at radius 1 is 1.27 bits per heavy atom. The number of nitrogens with zero attached hydrogens (tertiary/aromatic N) is 2. The van der Waals surface area contributed by atoms with E-state index in [-0.39, 0.29) is 22.7 Å². The van der Waals surface area contributed by atoms with Gasteiger partial charge in [-0.05, 0) is 48.3 Å². The van der Waals surface area contributed by atoms with Crippen molar-refractivity contribution < 1.29 is 14.5 Å². The van der Waals surface area contributed by atoms with Crippen molar-refractivity contribution in [3.63, 3.8) is 0 Å². The molecule has 2 aromatic rings. The molecule has 0 saturated carbocycles. The van der Waals surface area contributed by atoms with Crippen molar-refractivity contribution in [2.45, 2.75) is 18.9 Å².